The normalized spacial score (nSPS) is 12.3. The van der Waals surface area contributed by atoms with Crippen LogP contribution in [0.2, 0.25) is 0 Å². The molecule has 0 aliphatic rings. The molecular weight excluding hydrogens is 294 g/mol. The van der Waals surface area contributed by atoms with E-state index in [2.05, 4.69) is 21.8 Å². The molecule has 1 aromatic heterocycles. The first kappa shape index (κ1) is 16.0. The average molecular weight is 311 g/mol. The summed E-state index contributed by atoms with van der Waals surface area (Å²) in [5.41, 5.74) is 11.2. The molecule has 5 N–H and O–H groups in total. The van der Waals surface area contributed by atoms with E-state index in [1.807, 2.05) is 24.3 Å². The van der Waals surface area contributed by atoms with Gasteiger partial charge in [0.15, 0.2) is 5.82 Å². The van der Waals surface area contributed by atoms with Crippen molar-refractivity contribution < 1.29 is 9.53 Å². The zero-order valence-corrected chi connectivity index (χ0v) is 12.6. The highest BCUT2D eigenvalue weighted by Gasteiger charge is 2.08. The van der Waals surface area contributed by atoms with E-state index < -0.39 is 5.91 Å². The maximum Gasteiger partial charge on any atom is 0.295 e. The van der Waals surface area contributed by atoms with Crippen LogP contribution in [-0.2, 0) is 9.53 Å². The van der Waals surface area contributed by atoms with Gasteiger partial charge in [-0.2, -0.15) is 0 Å². The van der Waals surface area contributed by atoms with E-state index >= 15 is 0 Å². The molecule has 0 aliphatic heterocycles. The van der Waals surface area contributed by atoms with Gasteiger partial charge < -0.3 is 21.2 Å². The van der Waals surface area contributed by atoms with Crippen molar-refractivity contribution in [1.29, 1.82) is 0 Å². The van der Waals surface area contributed by atoms with Crippen LogP contribution in [-0.4, -0.2) is 18.0 Å². The number of benzene rings is 1. The number of nitrogen functional groups attached to an aromatic ring is 1. The minimum Gasteiger partial charge on any atom is -0.497 e. The summed E-state index contributed by atoms with van der Waals surface area (Å²) in [6, 6.07) is 7.41. The summed E-state index contributed by atoms with van der Waals surface area (Å²) < 4.78 is 5.02. The summed E-state index contributed by atoms with van der Waals surface area (Å²) in [6.07, 6.45) is 4.21. The van der Waals surface area contributed by atoms with Crippen molar-refractivity contribution in [3.8, 4) is 0 Å². The van der Waals surface area contributed by atoms with Crippen LogP contribution in [0.3, 0.4) is 0 Å². The number of amides is 1. The summed E-state index contributed by atoms with van der Waals surface area (Å²) in [4.78, 5) is 14.8. The first-order valence-electron chi connectivity index (χ1n) is 6.72. The second kappa shape index (κ2) is 7.08. The van der Waals surface area contributed by atoms with E-state index in [4.69, 9.17) is 16.2 Å². The van der Waals surface area contributed by atoms with Crippen LogP contribution < -0.4 is 11.5 Å². The lowest BCUT2D eigenvalue weighted by atomic mass is 10.2. The molecule has 0 bridgehead atoms. The number of carbonyl (C=O) groups excluding carboxylic acids is 1. The minimum atomic E-state index is -0.595. The maximum absolute atomic E-state index is 12.0. The lowest BCUT2D eigenvalue weighted by molar-refractivity contribution is -0.114. The lowest BCUT2D eigenvalue weighted by Crippen LogP contribution is -1.96. The predicted octanol–water partition coefficient (Wildman–Crippen LogP) is 2.92. The van der Waals surface area contributed by atoms with Gasteiger partial charge in [-0.15, -0.1) is 10.2 Å². The molecule has 0 radical (unpaired) electrons. The van der Waals surface area contributed by atoms with E-state index in [9.17, 15) is 4.79 Å². The molecule has 7 heteroatoms. The van der Waals surface area contributed by atoms with Gasteiger partial charge in [0.05, 0.1) is 7.11 Å². The number of anilines is 1. The van der Waals surface area contributed by atoms with Gasteiger partial charge in [0.1, 0.15) is 11.6 Å². The highest BCUT2D eigenvalue weighted by molar-refractivity contribution is 6.00. The number of aromatic nitrogens is 1. The number of hydrogen-bond acceptors (Lipinski definition) is 5. The molecule has 0 saturated heterocycles. The van der Waals surface area contributed by atoms with Crippen LogP contribution in [0.15, 0.2) is 70.8 Å². The number of nitrogens with zero attached hydrogens (tertiary/aromatic N) is 2. The molecule has 118 valence electrons. The van der Waals surface area contributed by atoms with Crippen molar-refractivity contribution >= 4 is 28.3 Å². The Kier molecular flexibility index (Phi) is 4.93. The van der Waals surface area contributed by atoms with Crippen molar-refractivity contribution in [3.05, 3.63) is 60.5 Å². The average Bonchev–Trinajstić information content (AvgIpc) is 2.88. The molecule has 0 atom stereocenters. The lowest BCUT2D eigenvalue weighted by Gasteiger charge is -1.99. The highest BCUT2D eigenvalue weighted by atomic mass is 16.5. The monoisotopic (exact) mass is 311 g/mol. The number of fused-ring (bicyclic) bond motifs is 1. The van der Waals surface area contributed by atoms with Crippen LogP contribution >= 0.6 is 0 Å². The van der Waals surface area contributed by atoms with Crippen LogP contribution in [0.5, 0.6) is 0 Å². The fourth-order valence-corrected chi connectivity index (χ4v) is 1.93. The van der Waals surface area contributed by atoms with Gasteiger partial charge in [0.25, 0.3) is 5.91 Å². The number of hydrogen-bond donors (Lipinski definition) is 3. The van der Waals surface area contributed by atoms with Crippen molar-refractivity contribution in [2.75, 3.05) is 12.8 Å². The Bertz CT molecular complexity index is 830. The second-order valence-electron chi connectivity index (χ2n) is 4.57. The number of ether oxygens (including phenoxy) is 1. The molecule has 0 spiro atoms. The number of rotatable bonds is 5. The first-order valence-corrected chi connectivity index (χ1v) is 6.72. The third kappa shape index (κ3) is 3.65. The van der Waals surface area contributed by atoms with Crippen molar-refractivity contribution in [1.82, 2.24) is 4.98 Å². The number of H-pyrrole nitrogens is 1. The van der Waals surface area contributed by atoms with E-state index in [0.717, 1.165) is 10.8 Å². The number of carbonyl (C=O) groups is 1. The molecule has 2 rings (SSSR count). The molecule has 1 heterocycles. The number of azo groups is 1. The largest absolute Gasteiger partial charge is 0.497 e. The fourth-order valence-electron chi connectivity index (χ4n) is 1.93. The van der Waals surface area contributed by atoms with E-state index in [1.165, 1.54) is 25.5 Å². The van der Waals surface area contributed by atoms with Gasteiger partial charge in [-0.05, 0) is 18.4 Å². The fraction of sp³-hybridized carbons (Fsp3) is 0.0625. The van der Waals surface area contributed by atoms with Crippen LogP contribution in [0.25, 0.3) is 10.8 Å². The van der Waals surface area contributed by atoms with Crippen molar-refractivity contribution in [2.24, 2.45) is 16.0 Å². The molecule has 0 saturated carbocycles. The summed E-state index contributed by atoms with van der Waals surface area (Å²) in [7, 11) is 1.46. The summed E-state index contributed by atoms with van der Waals surface area (Å²) in [6.45, 7) is 3.64. The smallest absolute Gasteiger partial charge is 0.295 e. The minimum absolute atomic E-state index is 0.118. The molecule has 1 amide bonds. The summed E-state index contributed by atoms with van der Waals surface area (Å²) in [5, 5.41) is 9.18. The molecule has 0 fully saturated rings. The van der Waals surface area contributed by atoms with Crippen LogP contribution in [0.1, 0.15) is 0 Å². The summed E-state index contributed by atoms with van der Waals surface area (Å²) in [5.74, 6) is 0.672. The van der Waals surface area contributed by atoms with E-state index in [-0.39, 0.29) is 5.57 Å². The zero-order chi connectivity index (χ0) is 16.8. The topological polar surface area (TPSA) is 119 Å². The Hall–Kier alpha value is -3.35. The van der Waals surface area contributed by atoms with Gasteiger partial charge in [-0.1, -0.05) is 30.8 Å². The Balaban J connectivity index is 2.22. The number of methoxy groups -OCH3 is 1. The van der Waals surface area contributed by atoms with Crippen LogP contribution in [0, 0.1) is 0 Å². The van der Waals surface area contributed by atoms with Crippen molar-refractivity contribution in [3.63, 3.8) is 0 Å². The van der Waals surface area contributed by atoms with Gasteiger partial charge in [-0.3, -0.25) is 4.79 Å². The van der Waals surface area contributed by atoms with E-state index in [0.29, 0.717) is 17.4 Å². The number of allylic oxidation sites excluding steroid dienone is 1. The van der Waals surface area contributed by atoms with Gasteiger partial charge in [0, 0.05) is 16.3 Å². The van der Waals surface area contributed by atoms with Gasteiger partial charge in [0.2, 0.25) is 0 Å². The van der Waals surface area contributed by atoms with E-state index in [1.54, 1.807) is 0 Å². The Morgan fingerprint density at radius 1 is 1.35 bits per heavy atom. The molecular formula is C16H17N5O2. The third-order valence-electron chi connectivity index (χ3n) is 3.05. The second-order valence-corrected chi connectivity index (χ2v) is 4.57. The Morgan fingerprint density at radius 3 is 2.70 bits per heavy atom. The van der Waals surface area contributed by atoms with Crippen molar-refractivity contribution in [2.45, 2.75) is 0 Å². The SMILES string of the molecule is C=C(/C=C(\C=C/N)OC)C(=O)N=Nc1[nH]c(N)c2ccccc12. The summed E-state index contributed by atoms with van der Waals surface area (Å²) >= 11 is 0. The molecule has 2 aromatic rings. The number of aromatic amines is 1. The number of nitrogens with two attached hydrogens (primary N) is 2. The van der Waals surface area contributed by atoms with Gasteiger partial charge >= 0.3 is 0 Å². The number of nitrogens with one attached hydrogen (secondary N) is 1. The third-order valence-corrected chi connectivity index (χ3v) is 3.05. The molecule has 7 nitrogen and oxygen atoms in total. The predicted molar refractivity (Wildman–Crippen MR) is 89.8 cm³/mol. The highest BCUT2D eigenvalue weighted by Crippen LogP contribution is 2.30. The molecule has 0 unspecified atom stereocenters. The zero-order valence-electron chi connectivity index (χ0n) is 12.6. The molecule has 23 heavy (non-hydrogen) atoms. The molecule has 1 aromatic carbocycles. The standard InChI is InChI=1S/C16H17N5O2/c1-10(9-11(23-2)7-8-17)16(22)21-20-15-13-6-4-3-5-12(13)14(18)19-15/h3-9,19H,1,17-18H2,2H3/b8-7-,11-9+,21-20?. The quantitative estimate of drug-likeness (QED) is 0.340. The molecule has 0 aliphatic carbocycles. The van der Waals surface area contributed by atoms with Crippen LogP contribution in [0.4, 0.5) is 11.6 Å². The maximum atomic E-state index is 12.0. The Morgan fingerprint density at radius 2 is 2.04 bits per heavy atom. The van der Waals surface area contributed by atoms with Gasteiger partial charge in [-0.25, -0.2) is 0 Å². The first-order chi connectivity index (χ1) is 11.1. The Labute approximate surface area is 133 Å².